The van der Waals surface area contributed by atoms with Crippen LogP contribution in [0.3, 0.4) is 0 Å². The number of hydrogen-bond donors (Lipinski definition) is 0. The van der Waals surface area contributed by atoms with E-state index in [0.717, 1.165) is 16.9 Å². The van der Waals surface area contributed by atoms with Gasteiger partial charge in [-0.1, -0.05) is 13.8 Å². The van der Waals surface area contributed by atoms with Crippen LogP contribution in [0.1, 0.15) is 54.6 Å². The first-order valence-electron chi connectivity index (χ1n) is 7.69. The summed E-state index contributed by atoms with van der Waals surface area (Å²) >= 11 is 0. The smallest absolute Gasteiger partial charge is 0.305 e. The molecule has 0 N–H and O–H groups in total. The highest BCUT2D eigenvalue weighted by Gasteiger charge is 2.13. The largest absolute Gasteiger partial charge is 0.493 e. The summed E-state index contributed by atoms with van der Waals surface area (Å²) in [6.07, 6.45) is 1.13. The van der Waals surface area contributed by atoms with Crippen LogP contribution in [0.5, 0.6) is 5.75 Å². The van der Waals surface area contributed by atoms with Crippen molar-refractivity contribution >= 4 is 11.8 Å². The minimum absolute atomic E-state index is 0.0555. The predicted molar refractivity (Wildman–Crippen MR) is 86.4 cm³/mol. The number of ketones is 1. The van der Waals surface area contributed by atoms with Gasteiger partial charge in [0.1, 0.15) is 5.75 Å². The van der Waals surface area contributed by atoms with E-state index < -0.39 is 0 Å². The van der Waals surface area contributed by atoms with Crippen LogP contribution in [0.25, 0.3) is 0 Å². The second-order valence-corrected chi connectivity index (χ2v) is 5.99. The third kappa shape index (κ3) is 5.51. The maximum Gasteiger partial charge on any atom is 0.305 e. The van der Waals surface area contributed by atoms with E-state index in [1.54, 1.807) is 0 Å². The van der Waals surface area contributed by atoms with Crippen molar-refractivity contribution in [2.75, 3.05) is 13.7 Å². The third-order valence-electron chi connectivity index (χ3n) is 3.41. The van der Waals surface area contributed by atoms with E-state index in [1.807, 2.05) is 26.0 Å². The van der Waals surface area contributed by atoms with Gasteiger partial charge in [-0.3, -0.25) is 9.59 Å². The molecule has 0 saturated carbocycles. The van der Waals surface area contributed by atoms with Gasteiger partial charge in [0.2, 0.25) is 0 Å². The molecule has 0 unspecified atom stereocenters. The van der Waals surface area contributed by atoms with Gasteiger partial charge in [-0.05, 0) is 49.4 Å². The summed E-state index contributed by atoms with van der Waals surface area (Å²) in [5, 5.41) is 0. The van der Waals surface area contributed by atoms with Crippen molar-refractivity contribution in [3.63, 3.8) is 0 Å². The maximum absolute atomic E-state index is 12.3. The average molecular weight is 306 g/mol. The molecule has 0 heterocycles. The molecule has 0 aliphatic heterocycles. The van der Waals surface area contributed by atoms with Crippen LogP contribution in [-0.2, 0) is 9.53 Å². The first-order valence-corrected chi connectivity index (χ1v) is 7.69. The lowest BCUT2D eigenvalue weighted by Crippen LogP contribution is -2.08. The molecule has 0 spiro atoms. The fraction of sp³-hybridized carbons (Fsp3) is 0.556. The molecule has 1 aromatic rings. The molecule has 0 saturated heterocycles. The lowest BCUT2D eigenvalue weighted by molar-refractivity contribution is -0.140. The van der Waals surface area contributed by atoms with Gasteiger partial charge in [-0.25, -0.2) is 0 Å². The number of rotatable bonds is 8. The molecular weight excluding hydrogens is 280 g/mol. The van der Waals surface area contributed by atoms with Crippen molar-refractivity contribution in [1.29, 1.82) is 0 Å². The van der Waals surface area contributed by atoms with Gasteiger partial charge in [0.15, 0.2) is 5.78 Å². The Kier molecular flexibility index (Phi) is 7.09. The van der Waals surface area contributed by atoms with Crippen LogP contribution in [0.4, 0.5) is 0 Å². The molecule has 4 nitrogen and oxygen atoms in total. The fourth-order valence-corrected chi connectivity index (χ4v) is 2.13. The lowest BCUT2D eigenvalue weighted by atomic mass is 9.98. The predicted octanol–water partition coefficient (Wildman–Crippen LogP) is 3.86. The Labute approximate surface area is 132 Å². The van der Waals surface area contributed by atoms with Gasteiger partial charge in [-0.15, -0.1) is 0 Å². The number of hydrogen-bond acceptors (Lipinski definition) is 4. The summed E-state index contributed by atoms with van der Waals surface area (Å²) in [5.41, 5.74) is 2.58. The molecule has 122 valence electrons. The fourth-order valence-electron chi connectivity index (χ4n) is 2.13. The maximum atomic E-state index is 12.3. The Morgan fingerprint density at radius 2 is 1.77 bits per heavy atom. The summed E-state index contributed by atoms with van der Waals surface area (Å²) in [6, 6.07) is 3.80. The van der Waals surface area contributed by atoms with Gasteiger partial charge < -0.3 is 9.47 Å². The van der Waals surface area contributed by atoms with Crippen LogP contribution < -0.4 is 4.74 Å². The first kappa shape index (κ1) is 18.2. The molecule has 0 atom stereocenters. The van der Waals surface area contributed by atoms with Gasteiger partial charge in [0.05, 0.1) is 13.7 Å². The highest BCUT2D eigenvalue weighted by atomic mass is 16.5. The van der Waals surface area contributed by atoms with Crippen molar-refractivity contribution in [2.24, 2.45) is 5.92 Å². The molecule has 0 radical (unpaired) electrons. The first-order chi connectivity index (χ1) is 10.3. The van der Waals surface area contributed by atoms with E-state index in [4.69, 9.17) is 4.74 Å². The highest BCUT2D eigenvalue weighted by molar-refractivity contribution is 5.98. The Bertz CT molecular complexity index is 532. The van der Waals surface area contributed by atoms with Crippen LogP contribution >= 0.6 is 0 Å². The van der Waals surface area contributed by atoms with Crippen LogP contribution in [0, 0.1) is 19.8 Å². The number of ether oxygens (including phenoxy) is 2. The number of benzene rings is 1. The zero-order valence-corrected chi connectivity index (χ0v) is 14.2. The molecule has 0 aliphatic carbocycles. The summed E-state index contributed by atoms with van der Waals surface area (Å²) in [5.74, 6) is 1.06. The minimum atomic E-state index is -0.280. The Balaban J connectivity index is 2.73. The quantitative estimate of drug-likeness (QED) is 0.540. The molecule has 1 aromatic carbocycles. The van der Waals surface area contributed by atoms with Crippen molar-refractivity contribution in [1.82, 2.24) is 0 Å². The Hall–Kier alpha value is -1.84. The van der Waals surface area contributed by atoms with Gasteiger partial charge in [0.25, 0.3) is 0 Å². The van der Waals surface area contributed by atoms with Crippen molar-refractivity contribution in [3.8, 4) is 5.75 Å². The standard InChI is InChI=1S/C18H26O4/c1-12(2)11-22-17-10-13(3)15(9-14(17)4)16(19)7-6-8-18(20)21-5/h9-10,12H,6-8,11H2,1-5H3. The molecular formula is C18H26O4. The number of methoxy groups -OCH3 is 1. The lowest BCUT2D eigenvalue weighted by Gasteiger charge is -2.14. The number of esters is 1. The monoisotopic (exact) mass is 306 g/mol. The Morgan fingerprint density at radius 3 is 2.36 bits per heavy atom. The van der Waals surface area contributed by atoms with Crippen molar-refractivity contribution in [3.05, 3.63) is 28.8 Å². The average Bonchev–Trinajstić information content (AvgIpc) is 2.47. The van der Waals surface area contributed by atoms with E-state index in [9.17, 15) is 9.59 Å². The molecule has 4 heteroatoms. The third-order valence-corrected chi connectivity index (χ3v) is 3.41. The summed E-state index contributed by atoms with van der Waals surface area (Å²) in [6.45, 7) is 8.71. The minimum Gasteiger partial charge on any atom is -0.493 e. The summed E-state index contributed by atoms with van der Waals surface area (Å²) < 4.78 is 10.3. The van der Waals surface area contributed by atoms with Gasteiger partial charge in [-0.2, -0.15) is 0 Å². The van der Waals surface area contributed by atoms with Crippen LogP contribution in [0.15, 0.2) is 12.1 Å². The second-order valence-electron chi connectivity index (χ2n) is 5.99. The molecule has 22 heavy (non-hydrogen) atoms. The van der Waals surface area contributed by atoms with E-state index in [0.29, 0.717) is 30.9 Å². The van der Waals surface area contributed by atoms with Crippen LogP contribution in [-0.4, -0.2) is 25.5 Å². The second kappa shape index (κ2) is 8.57. The van der Waals surface area contributed by atoms with E-state index >= 15 is 0 Å². The molecule has 0 bridgehead atoms. The van der Waals surface area contributed by atoms with Crippen molar-refractivity contribution < 1.29 is 19.1 Å². The van der Waals surface area contributed by atoms with Crippen LogP contribution in [0.2, 0.25) is 0 Å². The van der Waals surface area contributed by atoms with E-state index in [2.05, 4.69) is 18.6 Å². The zero-order valence-electron chi connectivity index (χ0n) is 14.2. The normalized spacial score (nSPS) is 10.6. The molecule has 1 rings (SSSR count). The van der Waals surface area contributed by atoms with Gasteiger partial charge in [0, 0.05) is 18.4 Å². The number of carbonyl (C=O) groups is 2. The number of aryl methyl sites for hydroxylation is 2. The topological polar surface area (TPSA) is 52.6 Å². The van der Waals surface area contributed by atoms with E-state index in [1.165, 1.54) is 7.11 Å². The molecule has 0 aromatic heterocycles. The number of Topliss-reactive ketones (excluding diaryl/α,β-unsaturated/α-hetero) is 1. The molecule has 0 amide bonds. The highest BCUT2D eigenvalue weighted by Crippen LogP contribution is 2.24. The molecule has 0 fully saturated rings. The molecule has 0 aliphatic rings. The SMILES string of the molecule is COC(=O)CCCC(=O)c1cc(C)c(OCC(C)C)cc1C. The van der Waals surface area contributed by atoms with E-state index in [-0.39, 0.29) is 18.2 Å². The number of carbonyl (C=O) groups excluding carboxylic acids is 2. The van der Waals surface area contributed by atoms with Crippen molar-refractivity contribution in [2.45, 2.75) is 47.0 Å². The summed E-state index contributed by atoms with van der Waals surface area (Å²) in [4.78, 5) is 23.3. The van der Waals surface area contributed by atoms with Gasteiger partial charge >= 0.3 is 5.97 Å². The summed E-state index contributed by atoms with van der Waals surface area (Å²) in [7, 11) is 1.35. The zero-order chi connectivity index (χ0) is 16.7. The Morgan fingerprint density at radius 1 is 1.09 bits per heavy atom.